The molecule has 0 saturated heterocycles. The summed E-state index contributed by atoms with van der Waals surface area (Å²) in [6.45, 7) is 2.45. The fourth-order valence-corrected chi connectivity index (χ4v) is 1.32. The van der Waals surface area contributed by atoms with Gasteiger partial charge >= 0.3 is 0 Å². The van der Waals surface area contributed by atoms with Gasteiger partial charge in [0.25, 0.3) is 0 Å². The van der Waals surface area contributed by atoms with Crippen molar-refractivity contribution in [3.8, 4) is 0 Å². The molecule has 0 spiro atoms. The first-order valence-electron chi connectivity index (χ1n) is 5.16. The minimum atomic E-state index is -0.669. The first kappa shape index (κ1) is 12.8. The van der Waals surface area contributed by atoms with Gasteiger partial charge in [0, 0.05) is 19.1 Å². The average molecular weight is 228 g/mol. The monoisotopic (exact) mass is 228 g/mol. The van der Waals surface area contributed by atoms with Gasteiger partial charge in [0.2, 0.25) is 0 Å². The van der Waals surface area contributed by atoms with Crippen molar-refractivity contribution in [1.82, 2.24) is 0 Å². The molecule has 4 heteroatoms. The lowest BCUT2D eigenvalue weighted by molar-refractivity contribution is -0.122. The van der Waals surface area contributed by atoms with Crippen LogP contribution in [-0.4, -0.2) is 19.0 Å². The van der Waals surface area contributed by atoms with Gasteiger partial charge in [-0.05, 0) is 24.1 Å². The number of benzene rings is 1. The summed E-state index contributed by atoms with van der Waals surface area (Å²) in [5.41, 5.74) is 0.336. The van der Waals surface area contributed by atoms with Gasteiger partial charge in [-0.3, -0.25) is 4.79 Å². The predicted octanol–water partition coefficient (Wildman–Crippen LogP) is 2.50. The normalized spacial score (nSPS) is 10.4. The van der Waals surface area contributed by atoms with E-state index in [9.17, 15) is 13.6 Å². The second-order valence-corrected chi connectivity index (χ2v) is 3.55. The fourth-order valence-electron chi connectivity index (χ4n) is 1.32. The maximum absolute atomic E-state index is 12.8. The van der Waals surface area contributed by atoms with Crippen molar-refractivity contribution in [1.29, 1.82) is 0 Å². The number of carbonyl (C=O) groups excluding carboxylic acids is 1. The summed E-state index contributed by atoms with van der Waals surface area (Å²) in [4.78, 5) is 11.3. The Morgan fingerprint density at radius 3 is 2.44 bits per heavy atom. The van der Waals surface area contributed by atoms with E-state index < -0.39 is 11.6 Å². The first-order chi connectivity index (χ1) is 7.61. The maximum atomic E-state index is 12.8. The number of hydrogen-bond acceptors (Lipinski definition) is 2. The van der Waals surface area contributed by atoms with Crippen LogP contribution in [-0.2, 0) is 16.0 Å². The van der Waals surface area contributed by atoms with Gasteiger partial charge in [0.05, 0.1) is 0 Å². The van der Waals surface area contributed by atoms with E-state index in [1.165, 1.54) is 0 Å². The fraction of sp³-hybridized carbons (Fsp3) is 0.417. The van der Waals surface area contributed by atoms with Crippen LogP contribution in [0.15, 0.2) is 18.2 Å². The molecule has 0 aliphatic carbocycles. The standard InChI is InChI=1S/C12H14F2O2/c1-2-3-16-8-12(15)6-9-4-10(13)7-11(14)5-9/h4-5,7H,2-3,6,8H2,1H3. The Morgan fingerprint density at radius 1 is 1.25 bits per heavy atom. The SMILES string of the molecule is CCCOCC(=O)Cc1cc(F)cc(F)c1. The highest BCUT2D eigenvalue weighted by molar-refractivity contribution is 5.82. The summed E-state index contributed by atoms with van der Waals surface area (Å²) in [6, 6.07) is 3.09. The molecule has 0 heterocycles. The number of carbonyl (C=O) groups is 1. The summed E-state index contributed by atoms with van der Waals surface area (Å²) < 4.78 is 30.6. The third-order valence-corrected chi connectivity index (χ3v) is 1.94. The summed E-state index contributed by atoms with van der Waals surface area (Å²) >= 11 is 0. The van der Waals surface area contributed by atoms with Gasteiger partial charge in [-0.2, -0.15) is 0 Å². The lowest BCUT2D eigenvalue weighted by Crippen LogP contribution is -2.12. The molecule has 2 nitrogen and oxygen atoms in total. The number of hydrogen-bond donors (Lipinski definition) is 0. The van der Waals surface area contributed by atoms with Crippen LogP contribution in [0.4, 0.5) is 8.78 Å². The molecule has 0 amide bonds. The Balaban J connectivity index is 2.49. The summed E-state index contributed by atoms with van der Waals surface area (Å²) in [6.07, 6.45) is 0.834. The zero-order valence-corrected chi connectivity index (χ0v) is 9.13. The molecule has 0 saturated carbocycles. The van der Waals surface area contributed by atoms with Crippen LogP contribution in [0, 0.1) is 11.6 Å². The van der Waals surface area contributed by atoms with E-state index in [-0.39, 0.29) is 18.8 Å². The molecule has 0 fully saturated rings. The Morgan fingerprint density at radius 2 is 1.88 bits per heavy atom. The summed E-state index contributed by atoms with van der Waals surface area (Å²) in [5.74, 6) is -1.52. The Labute approximate surface area is 93.2 Å². The molecule has 0 radical (unpaired) electrons. The quantitative estimate of drug-likeness (QED) is 0.699. The minimum Gasteiger partial charge on any atom is -0.374 e. The van der Waals surface area contributed by atoms with Crippen molar-refractivity contribution in [3.05, 3.63) is 35.4 Å². The zero-order chi connectivity index (χ0) is 12.0. The molecule has 16 heavy (non-hydrogen) atoms. The van der Waals surface area contributed by atoms with Crippen molar-refractivity contribution >= 4 is 5.78 Å². The van der Waals surface area contributed by atoms with Crippen molar-refractivity contribution < 1.29 is 18.3 Å². The Kier molecular flexibility index (Phi) is 5.05. The van der Waals surface area contributed by atoms with Gasteiger partial charge in [-0.1, -0.05) is 6.92 Å². The molecule has 0 atom stereocenters. The van der Waals surface area contributed by atoms with Crippen molar-refractivity contribution in [2.45, 2.75) is 19.8 Å². The maximum Gasteiger partial charge on any atom is 0.162 e. The highest BCUT2D eigenvalue weighted by atomic mass is 19.1. The average Bonchev–Trinajstić information content (AvgIpc) is 2.16. The molecule has 0 aromatic heterocycles. The molecule has 0 N–H and O–H groups in total. The third kappa shape index (κ3) is 4.49. The van der Waals surface area contributed by atoms with E-state index in [2.05, 4.69) is 0 Å². The number of rotatable bonds is 6. The lowest BCUT2D eigenvalue weighted by Gasteiger charge is -2.03. The van der Waals surface area contributed by atoms with Gasteiger partial charge in [0.1, 0.15) is 18.2 Å². The van der Waals surface area contributed by atoms with Gasteiger partial charge in [0.15, 0.2) is 5.78 Å². The van der Waals surface area contributed by atoms with Crippen LogP contribution in [0.3, 0.4) is 0 Å². The second kappa shape index (κ2) is 6.33. The zero-order valence-electron chi connectivity index (χ0n) is 9.13. The topological polar surface area (TPSA) is 26.3 Å². The van der Waals surface area contributed by atoms with Crippen LogP contribution in [0.25, 0.3) is 0 Å². The van der Waals surface area contributed by atoms with Crippen molar-refractivity contribution in [3.63, 3.8) is 0 Å². The van der Waals surface area contributed by atoms with Crippen LogP contribution < -0.4 is 0 Å². The molecule has 88 valence electrons. The van der Waals surface area contributed by atoms with E-state index in [1.807, 2.05) is 6.92 Å². The third-order valence-electron chi connectivity index (χ3n) is 1.94. The Bertz CT molecular complexity index is 344. The number of ether oxygens (including phenoxy) is 1. The first-order valence-corrected chi connectivity index (χ1v) is 5.16. The second-order valence-electron chi connectivity index (χ2n) is 3.55. The smallest absolute Gasteiger partial charge is 0.162 e. The molecule has 0 bridgehead atoms. The van der Waals surface area contributed by atoms with E-state index in [4.69, 9.17) is 4.74 Å². The molecule has 1 aromatic carbocycles. The molecular formula is C12H14F2O2. The van der Waals surface area contributed by atoms with E-state index in [1.54, 1.807) is 0 Å². The van der Waals surface area contributed by atoms with E-state index >= 15 is 0 Å². The van der Waals surface area contributed by atoms with Crippen molar-refractivity contribution in [2.75, 3.05) is 13.2 Å². The number of ketones is 1. The van der Waals surface area contributed by atoms with Gasteiger partial charge < -0.3 is 4.74 Å². The molecule has 1 aromatic rings. The largest absolute Gasteiger partial charge is 0.374 e. The summed E-state index contributed by atoms with van der Waals surface area (Å²) in [5, 5.41) is 0. The minimum absolute atomic E-state index is 0.00159. The Hall–Kier alpha value is -1.29. The molecule has 0 aliphatic rings. The molecule has 0 aliphatic heterocycles. The molecular weight excluding hydrogens is 214 g/mol. The predicted molar refractivity (Wildman–Crippen MR) is 56.2 cm³/mol. The highest BCUT2D eigenvalue weighted by Crippen LogP contribution is 2.08. The number of halogens is 2. The van der Waals surface area contributed by atoms with Crippen LogP contribution in [0.1, 0.15) is 18.9 Å². The van der Waals surface area contributed by atoms with Crippen LogP contribution in [0.2, 0.25) is 0 Å². The van der Waals surface area contributed by atoms with Crippen LogP contribution in [0.5, 0.6) is 0 Å². The van der Waals surface area contributed by atoms with Crippen molar-refractivity contribution in [2.24, 2.45) is 0 Å². The highest BCUT2D eigenvalue weighted by Gasteiger charge is 2.06. The lowest BCUT2D eigenvalue weighted by atomic mass is 10.1. The molecule has 0 unspecified atom stereocenters. The van der Waals surface area contributed by atoms with Crippen LogP contribution >= 0.6 is 0 Å². The number of Topliss-reactive ketones (excluding diaryl/α,β-unsaturated/α-hetero) is 1. The van der Waals surface area contributed by atoms with E-state index in [0.717, 1.165) is 24.6 Å². The van der Waals surface area contributed by atoms with Gasteiger partial charge in [-0.25, -0.2) is 8.78 Å². The summed E-state index contributed by atoms with van der Waals surface area (Å²) in [7, 11) is 0. The van der Waals surface area contributed by atoms with Gasteiger partial charge in [-0.15, -0.1) is 0 Å². The van der Waals surface area contributed by atoms with E-state index in [0.29, 0.717) is 12.2 Å². The molecule has 1 rings (SSSR count).